The third kappa shape index (κ3) is 6.75. The minimum atomic E-state index is -0.825. The van der Waals surface area contributed by atoms with E-state index in [0.29, 0.717) is 10.0 Å². The molecule has 4 nitrogen and oxygen atoms in total. The quantitative estimate of drug-likeness (QED) is 0.271. The first kappa shape index (κ1) is 25.5. The highest BCUT2D eigenvalue weighted by Crippen LogP contribution is 2.26. The molecule has 0 spiro atoms. The van der Waals surface area contributed by atoms with Gasteiger partial charge in [-0.2, -0.15) is 0 Å². The first-order valence-electron chi connectivity index (χ1n) is 11.6. The highest BCUT2D eigenvalue weighted by molar-refractivity contribution is 6.31. The number of benzene rings is 4. The van der Waals surface area contributed by atoms with Crippen LogP contribution in [0.2, 0.25) is 10.0 Å². The van der Waals surface area contributed by atoms with E-state index in [2.05, 4.69) is 5.32 Å². The molecule has 0 aliphatic heterocycles. The van der Waals surface area contributed by atoms with E-state index in [-0.39, 0.29) is 31.3 Å². The van der Waals surface area contributed by atoms with Crippen molar-refractivity contribution in [1.29, 1.82) is 0 Å². The number of hydrogen-bond donors (Lipinski definition) is 1. The van der Waals surface area contributed by atoms with Crippen LogP contribution in [0.15, 0.2) is 109 Å². The van der Waals surface area contributed by atoms with Crippen LogP contribution in [0.1, 0.15) is 28.3 Å². The maximum atomic E-state index is 13.7. The fourth-order valence-electron chi connectivity index (χ4n) is 4.01. The second-order valence-electron chi connectivity index (χ2n) is 8.43. The lowest BCUT2D eigenvalue weighted by atomic mass is 10.0. The van der Waals surface area contributed by atoms with Crippen molar-refractivity contribution in [2.24, 2.45) is 0 Å². The van der Waals surface area contributed by atoms with Gasteiger partial charge in [-0.1, -0.05) is 114 Å². The van der Waals surface area contributed by atoms with Crippen LogP contribution in [0.4, 0.5) is 0 Å². The van der Waals surface area contributed by atoms with Crippen molar-refractivity contribution in [2.45, 2.75) is 25.6 Å². The molecule has 0 aliphatic rings. The van der Waals surface area contributed by atoms with Crippen molar-refractivity contribution in [2.75, 3.05) is 0 Å². The van der Waals surface area contributed by atoms with Gasteiger partial charge in [0.1, 0.15) is 6.04 Å². The molecule has 0 saturated heterocycles. The molecule has 0 heterocycles. The summed E-state index contributed by atoms with van der Waals surface area (Å²) in [5.74, 6) is -0.440. The van der Waals surface area contributed by atoms with Crippen LogP contribution in [-0.2, 0) is 29.1 Å². The van der Waals surface area contributed by atoms with Crippen molar-refractivity contribution in [3.63, 3.8) is 0 Å². The normalized spacial score (nSPS) is 11.5. The lowest BCUT2D eigenvalue weighted by molar-refractivity contribution is -0.141. The van der Waals surface area contributed by atoms with E-state index in [1.54, 1.807) is 23.1 Å². The third-order valence-corrected chi connectivity index (χ3v) is 6.49. The minimum absolute atomic E-state index is 0.144. The maximum absolute atomic E-state index is 13.7. The van der Waals surface area contributed by atoms with E-state index in [1.165, 1.54) is 0 Å². The van der Waals surface area contributed by atoms with Crippen LogP contribution < -0.4 is 5.32 Å². The van der Waals surface area contributed by atoms with Crippen LogP contribution in [0.25, 0.3) is 0 Å². The third-order valence-electron chi connectivity index (χ3n) is 5.87. The van der Waals surface area contributed by atoms with Gasteiger partial charge < -0.3 is 10.2 Å². The number of hydrogen-bond acceptors (Lipinski definition) is 2. The van der Waals surface area contributed by atoms with E-state index in [9.17, 15) is 9.59 Å². The Balaban J connectivity index is 1.66. The van der Waals surface area contributed by atoms with Gasteiger partial charge in [0.15, 0.2) is 0 Å². The van der Waals surface area contributed by atoms with Crippen LogP contribution >= 0.6 is 23.2 Å². The number of amides is 2. The number of rotatable bonds is 9. The summed E-state index contributed by atoms with van der Waals surface area (Å²) < 4.78 is 0. The first-order chi connectivity index (χ1) is 17.5. The molecule has 0 aliphatic carbocycles. The topological polar surface area (TPSA) is 49.4 Å². The van der Waals surface area contributed by atoms with Gasteiger partial charge in [0.2, 0.25) is 11.8 Å². The lowest BCUT2D eigenvalue weighted by Crippen LogP contribution is -2.43. The Hall–Kier alpha value is -3.60. The Labute approximate surface area is 221 Å². The molecule has 4 aromatic carbocycles. The predicted octanol–water partition coefficient (Wildman–Crippen LogP) is 6.62. The largest absolute Gasteiger partial charge is 0.350 e. The van der Waals surface area contributed by atoms with Gasteiger partial charge in [0.25, 0.3) is 0 Å². The molecule has 4 rings (SSSR count). The fourth-order valence-corrected chi connectivity index (χ4v) is 4.34. The van der Waals surface area contributed by atoms with Crippen molar-refractivity contribution in [1.82, 2.24) is 10.2 Å². The average Bonchev–Trinajstić information content (AvgIpc) is 2.90. The van der Waals surface area contributed by atoms with Crippen LogP contribution in [0.3, 0.4) is 0 Å². The van der Waals surface area contributed by atoms with Gasteiger partial charge in [-0.25, -0.2) is 0 Å². The second-order valence-corrected chi connectivity index (χ2v) is 9.28. The van der Waals surface area contributed by atoms with Crippen LogP contribution in [0.5, 0.6) is 0 Å². The lowest BCUT2D eigenvalue weighted by Gasteiger charge is -2.32. The number of nitrogens with zero attached hydrogens (tertiary/aromatic N) is 1. The molecule has 1 atom stereocenters. The van der Waals surface area contributed by atoms with Crippen molar-refractivity contribution in [3.05, 3.63) is 141 Å². The molecule has 2 amide bonds. The van der Waals surface area contributed by atoms with Gasteiger partial charge in [0, 0.05) is 23.1 Å². The van der Waals surface area contributed by atoms with Crippen LogP contribution in [0, 0.1) is 0 Å². The number of halogens is 2. The summed E-state index contributed by atoms with van der Waals surface area (Å²) in [6.07, 6.45) is 0.144. The highest BCUT2D eigenvalue weighted by Gasteiger charge is 2.31. The Morgan fingerprint density at radius 1 is 0.722 bits per heavy atom. The summed E-state index contributed by atoms with van der Waals surface area (Å²) >= 11 is 12.3. The summed E-state index contributed by atoms with van der Waals surface area (Å²) in [6, 6.07) is 32.8. The van der Waals surface area contributed by atoms with E-state index in [4.69, 9.17) is 23.2 Å². The fraction of sp³-hybridized carbons (Fsp3) is 0.133. The molecule has 4 aromatic rings. The second kappa shape index (κ2) is 12.4. The Morgan fingerprint density at radius 3 is 2.00 bits per heavy atom. The number of carbonyl (C=O) groups is 2. The zero-order valence-electron chi connectivity index (χ0n) is 19.6. The summed E-state index contributed by atoms with van der Waals surface area (Å²) in [5, 5.41) is 4.18. The van der Waals surface area contributed by atoms with Crippen molar-refractivity contribution >= 4 is 35.0 Å². The Kier molecular flexibility index (Phi) is 8.77. The Bertz CT molecular complexity index is 1300. The maximum Gasteiger partial charge on any atom is 0.247 e. The molecule has 36 heavy (non-hydrogen) atoms. The Morgan fingerprint density at radius 2 is 1.33 bits per heavy atom. The van der Waals surface area contributed by atoms with E-state index in [0.717, 1.165) is 22.3 Å². The van der Waals surface area contributed by atoms with Crippen molar-refractivity contribution in [3.8, 4) is 0 Å². The smallest absolute Gasteiger partial charge is 0.247 e. The summed E-state index contributed by atoms with van der Waals surface area (Å²) in [6.45, 7) is 0.540. The molecule has 0 fully saturated rings. The van der Waals surface area contributed by atoms with Crippen molar-refractivity contribution < 1.29 is 9.59 Å². The standard InChI is InChI=1S/C30H26Cl2N2O2/c31-26-17-15-22(16-18-26)19-28(35)34(21-23-9-3-1-4-10-23)29(24-11-5-2-6-12-24)30(36)33-20-25-13-7-8-14-27(25)32/h1-18,29H,19-21H2,(H,33,36)/t29-/m0/s1. The SMILES string of the molecule is O=C(NCc1ccccc1Cl)[C@H](c1ccccc1)N(Cc1ccccc1)C(=O)Cc1ccc(Cl)cc1. The first-order valence-corrected chi connectivity index (χ1v) is 12.4. The number of carbonyl (C=O) groups excluding carboxylic acids is 2. The van der Waals surface area contributed by atoms with Gasteiger partial charge in [-0.15, -0.1) is 0 Å². The van der Waals surface area contributed by atoms with Gasteiger partial charge in [0.05, 0.1) is 6.42 Å². The predicted molar refractivity (Wildman–Crippen MR) is 145 cm³/mol. The van der Waals surface area contributed by atoms with E-state index >= 15 is 0 Å². The number of nitrogens with one attached hydrogen (secondary N) is 1. The molecule has 0 aromatic heterocycles. The van der Waals surface area contributed by atoms with E-state index < -0.39 is 6.04 Å². The highest BCUT2D eigenvalue weighted by atomic mass is 35.5. The average molecular weight is 517 g/mol. The minimum Gasteiger partial charge on any atom is -0.350 e. The zero-order chi connectivity index (χ0) is 25.3. The molecule has 0 radical (unpaired) electrons. The zero-order valence-corrected chi connectivity index (χ0v) is 21.1. The molecule has 182 valence electrons. The van der Waals surface area contributed by atoms with Gasteiger partial charge in [-0.05, 0) is 40.5 Å². The van der Waals surface area contributed by atoms with Crippen LogP contribution in [-0.4, -0.2) is 16.7 Å². The molecule has 0 saturated carbocycles. The molecule has 0 bridgehead atoms. The summed E-state index contributed by atoms with van der Waals surface area (Å²) in [4.78, 5) is 29.1. The molecule has 0 unspecified atom stereocenters. The molecule has 6 heteroatoms. The van der Waals surface area contributed by atoms with Gasteiger partial charge >= 0.3 is 0 Å². The summed E-state index contributed by atoms with van der Waals surface area (Å²) in [7, 11) is 0. The van der Waals surface area contributed by atoms with E-state index in [1.807, 2.05) is 91.0 Å². The molecular formula is C30H26Cl2N2O2. The monoisotopic (exact) mass is 516 g/mol. The summed E-state index contributed by atoms with van der Waals surface area (Å²) in [5.41, 5.74) is 3.29. The van der Waals surface area contributed by atoms with Gasteiger partial charge in [-0.3, -0.25) is 9.59 Å². The molecule has 1 N–H and O–H groups in total. The molecular weight excluding hydrogens is 491 g/mol.